The SMILES string of the molecule is CN=CCCCCC#N. The summed E-state index contributed by atoms with van der Waals surface area (Å²) in [5.41, 5.74) is 0. The normalized spacial score (nSPS) is 9.78. The van der Waals surface area contributed by atoms with Crippen LogP contribution in [0.4, 0.5) is 0 Å². The summed E-state index contributed by atoms with van der Waals surface area (Å²) in [4.78, 5) is 3.83. The fourth-order valence-electron chi connectivity index (χ4n) is 0.569. The van der Waals surface area contributed by atoms with Gasteiger partial charge in [-0.25, -0.2) is 0 Å². The molecule has 0 N–H and O–H groups in total. The van der Waals surface area contributed by atoms with Gasteiger partial charge in [-0.3, -0.25) is 0 Å². The topological polar surface area (TPSA) is 36.1 Å². The largest absolute Gasteiger partial charge is 0.301 e. The van der Waals surface area contributed by atoms with E-state index in [0.717, 1.165) is 19.3 Å². The molecule has 0 amide bonds. The van der Waals surface area contributed by atoms with Crippen LogP contribution in [0.1, 0.15) is 25.7 Å². The van der Waals surface area contributed by atoms with Gasteiger partial charge in [-0.1, -0.05) is 0 Å². The van der Waals surface area contributed by atoms with E-state index in [1.807, 2.05) is 6.21 Å². The smallest absolute Gasteiger partial charge is 0.0621 e. The maximum absolute atomic E-state index is 8.14. The molecule has 0 aromatic rings. The summed E-state index contributed by atoms with van der Waals surface area (Å²) < 4.78 is 0. The van der Waals surface area contributed by atoms with Gasteiger partial charge >= 0.3 is 0 Å². The Kier molecular flexibility index (Phi) is 6.49. The highest BCUT2D eigenvalue weighted by atomic mass is 14.6. The highest BCUT2D eigenvalue weighted by Gasteiger charge is 1.82. The first kappa shape index (κ1) is 8.16. The van der Waals surface area contributed by atoms with Crippen molar-refractivity contribution in [3.8, 4) is 6.07 Å². The first-order valence-corrected chi connectivity index (χ1v) is 3.19. The summed E-state index contributed by atoms with van der Waals surface area (Å²) in [6, 6.07) is 2.10. The second-order valence-corrected chi connectivity index (χ2v) is 1.84. The molecule has 0 aromatic heterocycles. The highest BCUT2D eigenvalue weighted by Crippen LogP contribution is 1.95. The van der Waals surface area contributed by atoms with Crippen molar-refractivity contribution in [2.75, 3.05) is 7.05 Å². The van der Waals surface area contributed by atoms with Crippen LogP contribution in [0.5, 0.6) is 0 Å². The van der Waals surface area contributed by atoms with Crippen LogP contribution in [0.2, 0.25) is 0 Å². The van der Waals surface area contributed by atoms with Crippen molar-refractivity contribution < 1.29 is 0 Å². The molecule has 0 rings (SSSR count). The number of nitriles is 1. The number of rotatable bonds is 4. The van der Waals surface area contributed by atoms with E-state index in [2.05, 4.69) is 11.1 Å². The van der Waals surface area contributed by atoms with E-state index >= 15 is 0 Å². The van der Waals surface area contributed by atoms with Crippen molar-refractivity contribution in [1.29, 1.82) is 5.26 Å². The van der Waals surface area contributed by atoms with E-state index in [0.29, 0.717) is 6.42 Å². The molecule has 2 heteroatoms. The van der Waals surface area contributed by atoms with Gasteiger partial charge in [-0.2, -0.15) is 5.26 Å². The monoisotopic (exact) mass is 124 g/mol. The first-order valence-electron chi connectivity index (χ1n) is 3.19. The highest BCUT2D eigenvalue weighted by molar-refractivity contribution is 5.56. The van der Waals surface area contributed by atoms with E-state index in [4.69, 9.17) is 5.26 Å². The Balaban J connectivity index is 2.85. The first-order chi connectivity index (χ1) is 4.41. The van der Waals surface area contributed by atoms with Crippen LogP contribution >= 0.6 is 0 Å². The van der Waals surface area contributed by atoms with Crippen LogP contribution in [0.3, 0.4) is 0 Å². The van der Waals surface area contributed by atoms with E-state index in [1.165, 1.54) is 0 Å². The van der Waals surface area contributed by atoms with Crippen molar-refractivity contribution in [2.45, 2.75) is 25.7 Å². The lowest BCUT2D eigenvalue weighted by Gasteiger charge is -1.87. The standard InChI is InChI=1S/C7H12N2/c1-9-7-5-3-2-4-6-8/h7H,2-5H2,1H3. The Bertz CT molecular complexity index is 111. The van der Waals surface area contributed by atoms with Gasteiger partial charge in [-0.15, -0.1) is 0 Å². The third kappa shape index (κ3) is 7.16. The summed E-state index contributed by atoms with van der Waals surface area (Å²) in [7, 11) is 1.77. The van der Waals surface area contributed by atoms with Gasteiger partial charge in [0.05, 0.1) is 6.07 Å². The van der Waals surface area contributed by atoms with Crippen molar-refractivity contribution in [1.82, 2.24) is 0 Å². The molecule has 0 fully saturated rings. The maximum atomic E-state index is 8.14. The molecule has 0 unspecified atom stereocenters. The number of hydrogen-bond donors (Lipinski definition) is 0. The summed E-state index contributed by atoms with van der Waals surface area (Å²) in [5, 5.41) is 8.14. The summed E-state index contributed by atoms with van der Waals surface area (Å²) in [6.07, 6.45) is 5.67. The zero-order chi connectivity index (χ0) is 6.95. The molecule has 0 aliphatic carbocycles. The van der Waals surface area contributed by atoms with Crippen molar-refractivity contribution in [2.24, 2.45) is 4.99 Å². The molecule has 9 heavy (non-hydrogen) atoms. The number of hydrogen-bond acceptors (Lipinski definition) is 2. The molecule has 0 spiro atoms. The zero-order valence-corrected chi connectivity index (χ0v) is 5.80. The van der Waals surface area contributed by atoms with Gasteiger partial charge in [0.2, 0.25) is 0 Å². The minimum atomic E-state index is 0.678. The van der Waals surface area contributed by atoms with E-state index < -0.39 is 0 Å². The molecule has 0 heterocycles. The lowest BCUT2D eigenvalue weighted by Crippen LogP contribution is -1.76. The lowest BCUT2D eigenvalue weighted by molar-refractivity contribution is 0.789. The second kappa shape index (κ2) is 7.16. The molecular formula is C7H12N2. The molecule has 0 radical (unpaired) electrons. The predicted molar refractivity (Wildman–Crippen MR) is 38.5 cm³/mol. The van der Waals surface area contributed by atoms with Gasteiger partial charge in [-0.05, 0) is 25.5 Å². The summed E-state index contributed by atoms with van der Waals surface area (Å²) in [6.45, 7) is 0. The molecule has 0 aliphatic rings. The minimum absolute atomic E-state index is 0.678. The Hall–Kier alpha value is -0.840. The Labute approximate surface area is 56.2 Å². The molecule has 50 valence electrons. The average molecular weight is 124 g/mol. The third-order valence-electron chi connectivity index (χ3n) is 1.05. The molecule has 0 saturated carbocycles. The molecule has 0 atom stereocenters. The third-order valence-corrected chi connectivity index (χ3v) is 1.05. The Morgan fingerprint density at radius 3 is 2.89 bits per heavy atom. The molecule has 0 aromatic carbocycles. The van der Waals surface area contributed by atoms with Gasteiger partial charge in [0.1, 0.15) is 0 Å². The number of nitrogens with zero attached hydrogens (tertiary/aromatic N) is 2. The molecule has 0 aliphatic heterocycles. The van der Waals surface area contributed by atoms with Crippen LogP contribution in [-0.4, -0.2) is 13.3 Å². The van der Waals surface area contributed by atoms with Crippen LogP contribution in [0, 0.1) is 11.3 Å². The van der Waals surface area contributed by atoms with Crippen molar-refractivity contribution in [3.63, 3.8) is 0 Å². The lowest BCUT2D eigenvalue weighted by atomic mass is 10.2. The van der Waals surface area contributed by atoms with Gasteiger partial charge in [0.15, 0.2) is 0 Å². The molecule has 0 bridgehead atoms. The van der Waals surface area contributed by atoms with Crippen molar-refractivity contribution in [3.05, 3.63) is 0 Å². The molecular weight excluding hydrogens is 112 g/mol. The second-order valence-electron chi connectivity index (χ2n) is 1.84. The van der Waals surface area contributed by atoms with E-state index in [9.17, 15) is 0 Å². The van der Waals surface area contributed by atoms with Crippen LogP contribution < -0.4 is 0 Å². The van der Waals surface area contributed by atoms with Gasteiger partial charge < -0.3 is 4.99 Å². The number of aliphatic imine (C=N–C) groups is 1. The average Bonchev–Trinajstić information content (AvgIpc) is 1.89. The minimum Gasteiger partial charge on any atom is -0.301 e. The summed E-state index contributed by atoms with van der Waals surface area (Å²) >= 11 is 0. The fraction of sp³-hybridized carbons (Fsp3) is 0.714. The molecule has 2 nitrogen and oxygen atoms in total. The quantitative estimate of drug-likeness (QED) is 0.415. The van der Waals surface area contributed by atoms with Gasteiger partial charge in [0, 0.05) is 13.5 Å². The van der Waals surface area contributed by atoms with Crippen LogP contribution in [0.25, 0.3) is 0 Å². The van der Waals surface area contributed by atoms with Crippen molar-refractivity contribution >= 4 is 6.21 Å². The van der Waals surface area contributed by atoms with E-state index in [1.54, 1.807) is 7.05 Å². The van der Waals surface area contributed by atoms with Crippen LogP contribution in [-0.2, 0) is 0 Å². The van der Waals surface area contributed by atoms with Crippen LogP contribution in [0.15, 0.2) is 4.99 Å². The Morgan fingerprint density at radius 1 is 1.56 bits per heavy atom. The zero-order valence-electron chi connectivity index (χ0n) is 5.80. The Morgan fingerprint density at radius 2 is 2.33 bits per heavy atom. The summed E-state index contributed by atoms with van der Waals surface area (Å²) in [5.74, 6) is 0. The fourth-order valence-corrected chi connectivity index (χ4v) is 0.569. The number of unbranched alkanes of at least 4 members (excludes halogenated alkanes) is 3. The predicted octanol–water partition coefficient (Wildman–Crippen LogP) is 1.77. The van der Waals surface area contributed by atoms with E-state index in [-0.39, 0.29) is 0 Å². The van der Waals surface area contributed by atoms with Gasteiger partial charge in [0.25, 0.3) is 0 Å². The molecule has 0 saturated heterocycles. The maximum Gasteiger partial charge on any atom is 0.0621 e.